The summed E-state index contributed by atoms with van der Waals surface area (Å²) in [7, 11) is 0. The molecule has 1 aliphatic heterocycles. The Morgan fingerprint density at radius 3 is 3.00 bits per heavy atom. The minimum Gasteiger partial charge on any atom is -0.474 e. The van der Waals surface area contributed by atoms with Crippen molar-refractivity contribution >= 4 is 12.2 Å². The second-order valence-corrected chi connectivity index (χ2v) is 5.30. The van der Waals surface area contributed by atoms with Crippen LogP contribution in [0.4, 0.5) is 5.82 Å². The Hall–Kier alpha value is -2.38. The van der Waals surface area contributed by atoms with Gasteiger partial charge in [0, 0.05) is 13.1 Å². The fourth-order valence-corrected chi connectivity index (χ4v) is 2.49. The number of nitrogens with zero attached hydrogens (tertiary/aromatic N) is 2. The van der Waals surface area contributed by atoms with Gasteiger partial charge in [0.05, 0.1) is 17.9 Å². The third-order valence-electron chi connectivity index (χ3n) is 3.69. The highest BCUT2D eigenvalue weighted by Gasteiger charge is 2.19. The first kappa shape index (κ1) is 15.5. The molecule has 23 heavy (non-hydrogen) atoms. The molecule has 2 heterocycles. The Labute approximate surface area is 134 Å². The number of anilines is 1. The molecule has 1 saturated heterocycles. The van der Waals surface area contributed by atoms with Gasteiger partial charge >= 0.3 is 0 Å². The molecule has 1 atom stereocenters. The summed E-state index contributed by atoms with van der Waals surface area (Å²) in [4.78, 5) is 10.9. The number of para-hydroxylation sites is 1. The maximum absolute atomic E-state index is 10.9. The largest absolute Gasteiger partial charge is 0.474 e. The van der Waals surface area contributed by atoms with Crippen LogP contribution in [0.1, 0.15) is 5.56 Å². The summed E-state index contributed by atoms with van der Waals surface area (Å²) in [6.45, 7) is 4.60. The number of benzene rings is 1. The lowest BCUT2D eigenvalue weighted by Gasteiger charge is -2.23. The van der Waals surface area contributed by atoms with E-state index in [-0.39, 0.29) is 6.10 Å². The second kappa shape index (κ2) is 7.26. The van der Waals surface area contributed by atoms with E-state index < -0.39 is 0 Å². The Morgan fingerprint density at radius 1 is 1.48 bits per heavy atom. The molecular formula is C16H20N4O3. The summed E-state index contributed by atoms with van der Waals surface area (Å²) in [5.41, 5.74) is 1.63. The zero-order chi connectivity index (χ0) is 16.1. The number of hydrogen-bond donors (Lipinski definition) is 2. The van der Waals surface area contributed by atoms with Gasteiger partial charge in [-0.15, -0.1) is 5.10 Å². The second-order valence-electron chi connectivity index (χ2n) is 5.30. The van der Waals surface area contributed by atoms with Crippen LogP contribution in [-0.2, 0) is 9.53 Å². The molecule has 0 aliphatic carbocycles. The van der Waals surface area contributed by atoms with E-state index in [1.165, 1.54) is 0 Å². The van der Waals surface area contributed by atoms with E-state index >= 15 is 0 Å². The van der Waals surface area contributed by atoms with Gasteiger partial charge in [0.25, 0.3) is 0 Å². The normalized spacial score (nSPS) is 17.7. The van der Waals surface area contributed by atoms with Gasteiger partial charge in [0.15, 0.2) is 0 Å². The van der Waals surface area contributed by atoms with Crippen molar-refractivity contribution in [3.05, 3.63) is 35.9 Å². The quantitative estimate of drug-likeness (QED) is 0.781. The smallest absolute Gasteiger partial charge is 0.238 e. The maximum atomic E-state index is 10.9. The summed E-state index contributed by atoms with van der Waals surface area (Å²) in [6.07, 6.45) is 0.647. The van der Waals surface area contributed by atoms with Gasteiger partial charge in [-0.05, 0) is 19.1 Å². The number of nitrogens with one attached hydrogen (secondary N) is 2. The van der Waals surface area contributed by atoms with Crippen molar-refractivity contribution in [1.29, 1.82) is 0 Å². The topological polar surface area (TPSA) is 77.4 Å². The zero-order valence-corrected chi connectivity index (χ0v) is 13.0. The summed E-state index contributed by atoms with van der Waals surface area (Å²) < 4.78 is 13.1. The molecule has 1 aromatic heterocycles. The van der Waals surface area contributed by atoms with Gasteiger partial charge in [-0.3, -0.25) is 4.79 Å². The van der Waals surface area contributed by atoms with E-state index in [0.717, 1.165) is 24.3 Å². The van der Waals surface area contributed by atoms with Gasteiger partial charge in [-0.1, -0.05) is 18.2 Å². The summed E-state index contributed by atoms with van der Waals surface area (Å²) in [5, 5.41) is 10.4. The SMILES string of the molecule is Cc1c(OCC2CNCCO2)nn(-c2ccccc2)c1NC=O. The van der Waals surface area contributed by atoms with E-state index in [1.54, 1.807) is 4.68 Å². The van der Waals surface area contributed by atoms with Crippen molar-refractivity contribution in [3.8, 4) is 11.6 Å². The molecule has 0 bridgehead atoms. The zero-order valence-electron chi connectivity index (χ0n) is 13.0. The standard InChI is InChI=1S/C16H20N4O3/c1-12-15(18-11-21)20(13-5-3-2-4-6-13)19-16(12)23-10-14-9-17-7-8-22-14/h2-6,11,14,17H,7-10H2,1H3,(H,18,21). The molecular weight excluding hydrogens is 296 g/mol. The fraction of sp³-hybridized carbons (Fsp3) is 0.375. The predicted molar refractivity (Wildman–Crippen MR) is 86.1 cm³/mol. The van der Waals surface area contributed by atoms with Crippen LogP contribution >= 0.6 is 0 Å². The van der Waals surface area contributed by atoms with Crippen LogP contribution in [0.3, 0.4) is 0 Å². The van der Waals surface area contributed by atoms with Crippen LogP contribution in [0.15, 0.2) is 30.3 Å². The van der Waals surface area contributed by atoms with Gasteiger partial charge in [-0.25, -0.2) is 4.68 Å². The van der Waals surface area contributed by atoms with Crippen LogP contribution in [0.25, 0.3) is 5.69 Å². The molecule has 1 unspecified atom stereocenters. The molecule has 1 amide bonds. The average Bonchev–Trinajstić information content (AvgIpc) is 2.92. The number of morpholine rings is 1. The lowest BCUT2D eigenvalue weighted by molar-refractivity contribution is -0.105. The highest BCUT2D eigenvalue weighted by molar-refractivity contribution is 5.73. The van der Waals surface area contributed by atoms with Gasteiger partial charge < -0.3 is 20.1 Å². The Balaban J connectivity index is 1.81. The highest BCUT2D eigenvalue weighted by Crippen LogP contribution is 2.28. The van der Waals surface area contributed by atoms with Crippen molar-refractivity contribution in [2.24, 2.45) is 0 Å². The molecule has 0 spiro atoms. The Kier molecular flexibility index (Phi) is 4.89. The molecule has 7 nitrogen and oxygen atoms in total. The number of carbonyl (C=O) groups excluding carboxylic acids is 1. The van der Waals surface area contributed by atoms with E-state index in [1.807, 2.05) is 37.3 Å². The lowest BCUT2D eigenvalue weighted by Crippen LogP contribution is -2.41. The summed E-state index contributed by atoms with van der Waals surface area (Å²) >= 11 is 0. The molecule has 7 heteroatoms. The first-order chi connectivity index (χ1) is 11.3. The molecule has 2 N–H and O–H groups in total. The van der Waals surface area contributed by atoms with Crippen LogP contribution in [0, 0.1) is 6.92 Å². The number of rotatable bonds is 6. The Bertz CT molecular complexity index is 651. The molecule has 1 aliphatic rings. The average molecular weight is 316 g/mol. The van der Waals surface area contributed by atoms with Crippen LogP contribution < -0.4 is 15.4 Å². The van der Waals surface area contributed by atoms with Crippen molar-refractivity contribution in [2.45, 2.75) is 13.0 Å². The molecule has 1 aromatic carbocycles. The minimum absolute atomic E-state index is 0.00695. The molecule has 0 saturated carbocycles. The molecule has 3 rings (SSSR count). The fourth-order valence-electron chi connectivity index (χ4n) is 2.49. The molecule has 1 fully saturated rings. The molecule has 2 aromatic rings. The van der Waals surface area contributed by atoms with Crippen LogP contribution in [0.5, 0.6) is 5.88 Å². The number of carbonyl (C=O) groups is 1. The van der Waals surface area contributed by atoms with E-state index in [2.05, 4.69) is 15.7 Å². The number of ether oxygens (including phenoxy) is 2. The van der Waals surface area contributed by atoms with Crippen molar-refractivity contribution in [1.82, 2.24) is 15.1 Å². The molecule has 0 radical (unpaired) electrons. The predicted octanol–water partition coefficient (Wildman–Crippen LogP) is 1.12. The van der Waals surface area contributed by atoms with Crippen LogP contribution in [0.2, 0.25) is 0 Å². The lowest BCUT2D eigenvalue weighted by atomic mass is 10.3. The number of hydrogen-bond acceptors (Lipinski definition) is 5. The highest BCUT2D eigenvalue weighted by atomic mass is 16.5. The van der Waals surface area contributed by atoms with Crippen molar-refractivity contribution in [2.75, 3.05) is 31.6 Å². The Morgan fingerprint density at radius 2 is 2.30 bits per heavy atom. The van der Waals surface area contributed by atoms with Gasteiger partial charge in [0.1, 0.15) is 18.5 Å². The van der Waals surface area contributed by atoms with E-state index in [9.17, 15) is 4.79 Å². The maximum Gasteiger partial charge on any atom is 0.238 e. The first-order valence-corrected chi connectivity index (χ1v) is 7.60. The van der Waals surface area contributed by atoms with Gasteiger partial charge in [-0.2, -0.15) is 0 Å². The molecule has 122 valence electrons. The monoisotopic (exact) mass is 316 g/mol. The summed E-state index contributed by atoms with van der Waals surface area (Å²) in [5.74, 6) is 1.09. The van der Waals surface area contributed by atoms with Gasteiger partial charge in [0.2, 0.25) is 12.3 Å². The minimum atomic E-state index is 0.00695. The van der Waals surface area contributed by atoms with E-state index in [4.69, 9.17) is 9.47 Å². The first-order valence-electron chi connectivity index (χ1n) is 7.60. The third kappa shape index (κ3) is 3.52. The van der Waals surface area contributed by atoms with Crippen molar-refractivity contribution in [3.63, 3.8) is 0 Å². The van der Waals surface area contributed by atoms with E-state index in [0.29, 0.717) is 31.3 Å². The number of amides is 1. The third-order valence-corrected chi connectivity index (χ3v) is 3.69. The van der Waals surface area contributed by atoms with Crippen LogP contribution in [-0.4, -0.2) is 48.6 Å². The van der Waals surface area contributed by atoms with Crippen molar-refractivity contribution < 1.29 is 14.3 Å². The number of aromatic nitrogens is 2. The summed E-state index contributed by atoms with van der Waals surface area (Å²) in [6, 6.07) is 9.59.